The van der Waals surface area contributed by atoms with Gasteiger partial charge in [-0.1, -0.05) is 31.2 Å². The lowest BCUT2D eigenvalue weighted by molar-refractivity contribution is 0.102. The summed E-state index contributed by atoms with van der Waals surface area (Å²) in [5.74, 6) is 0.737. The monoisotopic (exact) mass is 373 g/mol. The molecule has 1 aromatic heterocycles. The molecule has 1 saturated heterocycles. The third-order valence-electron chi connectivity index (χ3n) is 4.69. The molecular formula is C19H27N5OS. The number of carbonyl (C=O) groups excluding carboxylic acids is 1. The lowest BCUT2D eigenvalue weighted by atomic mass is 10.1. The van der Waals surface area contributed by atoms with E-state index < -0.39 is 0 Å². The topological polar surface area (TPSA) is 71.8 Å². The van der Waals surface area contributed by atoms with E-state index in [0.717, 1.165) is 42.9 Å². The summed E-state index contributed by atoms with van der Waals surface area (Å²) in [4.78, 5) is 12.6. The second-order valence-corrected chi connectivity index (χ2v) is 8.53. The zero-order valence-corrected chi connectivity index (χ0v) is 16.5. The molecular weight excluding hydrogens is 346 g/mol. The molecule has 1 aliphatic rings. The maximum Gasteiger partial charge on any atom is 0.277 e. The normalized spacial score (nSPS) is 15.4. The van der Waals surface area contributed by atoms with Gasteiger partial charge < -0.3 is 10.6 Å². The molecule has 1 aromatic carbocycles. The molecule has 2 heterocycles. The van der Waals surface area contributed by atoms with Gasteiger partial charge in [0.25, 0.3) is 5.91 Å². The van der Waals surface area contributed by atoms with Gasteiger partial charge in [0.15, 0.2) is 5.69 Å². The summed E-state index contributed by atoms with van der Waals surface area (Å²) in [5.41, 5.74) is 3.57. The Bertz CT molecular complexity index is 752. The average Bonchev–Trinajstić information content (AvgIpc) is 3.13. The minimum absolute atomic E-state index is 0.207. The molecule has 7 heteroatoms. The molecule has 0 bridgehead atoms. The van der Waals surface area contributed by atoms with Gasteiger partial charge >= 0.3 is 0 Å². The third-order valence-corrected chi connectivity index (χ3v) is 5.84. The van der Waals surface area contributed by atoms with E-state index >= 15 is 0 Å². The van der Waals surface area contributed by atoms with E-state index in [1.54, 1.807) is 6.20 Å². The van der Waals surface area contributed by atoms with E-state index in [4.69, 9.17) is 0 Å². The predicted molar refractivity (Wildman–Crippen MR) is 107 cm³/mol. The van der Waals surface area contributed by atoms with Crippen molar-refractivity contribution in [3.05, 3.63) is 41.2 Å². The minimum atomic E-state index is -0.207. The fraction of sp³-hybridized carbons (Fsp3) is 0.526. The summed E-state index contributed by atoms with van der Waals surface area (Å²) in [5, 5.41) is 15.2. The Morgan fingerprint density at radius 1 is 1.38 bits per heavy atom. The first-order chi connectivity index (χ1) is 12.5. The van der Waals surface area contributed by atoms with E-state index in [1.807, 2.05) is 28.6 Å². The van der Waals surface area contributed by atoms with Crippen molar-refractivity contribution in [1.29, 1.82) is 0 Å². The molecule has 3 rings (SSSR count). The summed E-state index contributed by atoms with van der Waals surface area (Å²) in [7, 11) is 0. The van der Waals surface area contributed by atoms with Crippen molar-refractivity contribution in [2.24, 2.45) is 0 Å². The zero-order valence-electron chi connectivity index (χ0n) is 15.7. The summed E-state index contributed by atoms with van der Waals surface area (Å²) in [6, 6.07) is 6.37. The number of hydrogen-bond donors (Lipinski definition) is 2. The third kappa shape index (κ3) is 4.65. The molecule has 0 spiro atoms. The van der Waals surface area contributed by atoms with Gasteiger partial charge in [-0.25, -0.2) is 4.68 Å². The Morgan fingerprint density at radius 2 is 2.15 bits per heavy atom. The van der Waals surface area contributed by atoms with Crippen molar-refractivity contribution in [2.75, 3.05) is 18.4 Å². The van der Waals surface area contributed by atoms with Crippen molar-refractivity contribution in [2.45, 2.75) is 50.7 Å². The van der Waals surface area contributed by atoms with Gasteiger partial charge in [-0.3, -0.25) is 4.79 Å². The Hall–Kier alpha value is -1.86. The van der Waals surface area contributed by atoms with Gasteiger partial charge in [0, 0.05) is 11.4 Å². The lowest BCUT2D eigenvalue weighted by Crippen LogP contribution is -2.29. The molecule has 0 atom stereocenters. The highest BCUT2D eigenvalue weighted by Crippen LogP contribution is 2.25. The lowest BCUT2D eigenvalue weighted by Gasteiger charge is -2.22. The number of amides is 1. The largest absolute Gasteiger partial charge is 0.320 e. The van der Waals surface area contributed by atoms with Crippen LogP contribution in [0.25, 0.3) is 0 Å². The minimum Gasteiger partial charge on any atom is -0.320 e. The number of nitrogens with zero attached hydrogens (tertiary/aromatic N) is 3. The molecule has 26 heavy (non-hydrogen) atoms. The zero-order chi connectivity index (χ0) is 18.5. The van der Waals surface area contributed by atoms with E-state index in [-0.39, 0.29) is 5.91 Å². The smallest absolute Gasteiger partial charge is 0.277 e. The van der Waals surface area contributed by atoms with Crippen LogP contribution in [-0.2, 0) is 5.75 Å². The molecule has 6 nitrogen and oxygen atoms in total. The maximum absolute atomic E-state index is 12.6. The van der Waals surface area contributed by atoms with Crippen LogP contribution < -0.4 is 10.6 Å². The second-order valence-electron chi connectivity index (χ2n) is 6.97. The maximum atomic E-state index is 12.6. The Labute approximate surface area is 159 Å². The van der Waals surface area contributed by atoms with Crippen LogP contribution in [0.1, 0.15) is 54.3 Å². The number of benzene rings is 1. The van der Waals surface area contributed by atoms with Gasteiger partial charge in [0.2, 0.25) is 0 Å². The molecule has 0 radical (unpaired) electrons. The number of rotatable bonds is 6. The summed E-state index contributed by atoms with van der Waals surface area (Å²) in [6.45, 7) is 8.39. The van der Waals surface area contributed by atoms with Gasteiger partial charge in [0.1, 0.15) is 0 Å². The summed E-state index contributed by atoms with van der Waals surface area (Å²) < 4.78 is 1.83. The highest BCUT2D eigenvalue weighted by Gasteiger charge is 2.19. The van der Waals surface area contributed by atoms with E-state index in [2.05, 4.69) is 47.8 Å². The molecule has 2 aromatic rings. The van der Waals surface area contributed by atoms with Crippen LogP contribution in [0.4, 0.5) is 5.69 Å². The van der Waals surface area contributed by atoms with Gasteiger partial charge in [-0.05, 0) is 55.3 Å². The van der Waals surface area contributed by atoms with Gasteiger partial charge in [-0.15, -0.1) is 5.10 Å². The molecule has 0 aliphatic carbocycles. The van der Waals surface area contributed by atoms with Crippen LogP contribution >= 0.6 is 11.8 Å². The second kappa shape index (κ2) is 8.68. The van der Waals surface area contributed by atoms with Crippen molar-refractivity contribution >= 4 is 23.4 Å². The predicted octanol–water partition coefficient (Wildman–Crippen LogP) is 3.40. The van der Waals surface area contributed by atoms with Crippen molar-refractivity contribution in [3.63, 3.8) is 0 Å². The number of nitrogens with one attached hydrogen (secondary N) is 2. The van der Waals surface area contributed by atoms with Crippen molar-refractivity contribution in [3.8, 4) is 0 Å². The van der Waals surface area contributed by atoms with E-state index in [0.29, 0.717) is 17.0 Å². The van der Waals surface area contributed by atoms with Gasteiger partial charge in [0.05, 0.1) is 12.2 Å². The highest BCUT2D eigenvalue weighted by molar-refractivity contribution is 7.99. The first kappa shape index (κ1) is 18.9. The molecule has 0 unspecified atom stereocenters. The standard InChI is InChI=1S/C19H27N5OS/c1-13(2)26-12-15-5-4-6-17(14(15)3)21-19(25)18-11-24(23-22-18)16-7-9-20-10-8-16/h4-6,11,13,16,20H,7-10,12H2,1-3H3,(H,21,25). The fourth-order valence-electron chi connectivity index (χ4n) is 3.05. The van der Waals surface area contributed by atoms with Crippen LogP contribution in [0.5, 0.6) is 0 Å². The van der Waals surface area contributed by atoms with Crippen LogP contribution in [-0.4, -0.2) is 39.2 Å². The summed E-state index contributed by atoms with van der Waals surface area (Å²) >= 11 is 1.90. The number of hydrogen-bond acceptors (Lipinski definition) is 5. The molecule has 1 fully saturated rings. The van der Waals surface area contributed by atoms with Gasteiger partial charge in [-0.2, -0.15) is 11.8 Å². The number of aromatic nitrogens is 3. The van der Waals surface area contributed by atoms with Crippen molar-refractivity contribution < 1.29 is 4.79 Å². The number of piperidine rings is 1. The first-order valence-electron chi connectivity index (χ1n) is 9.18. The summed E-state index contributed by atoms with van der Waals surface area (Å²) in [6.07, 6.45) is 3.79. The molecule has 1 amide bonds. The quantitative estimate of drug-likeness (QED) is 0.812. The molecule has 2 N–H and O–H groups in total. The Morgan fingerprint density at radius 3 is 2.88 bits per heavy atom. The van der Waals surface area contributed by atoms with Crippen LogP contribution in [0.15, 0.2) is 24.4 Å². The number of anilines is 1. The number of carbonyl (C=O) groups is 1. The Kier molecular flexibility index (Phi) is 6.32. The first-order valence-corrected chi connectivity index (χ1v) is 10.2. The average molecular weight is 374 g/mol. The van der Waals surface area contributed by atoms with Crippen LogP contribution in [0.3, 0.4) is 0 Å². The SMILES string of the molecule is Cc1c(CSC(C)C)cccc1NC(=O)c1cn(C2CCNCC2)nn1. The van der Waals surface area contributed by atoms with E-state index in [1.165, 1.54) is 5.56 Å². The fourth-order valence-corrected chi connectivity index (χ4v) is 3.87. The van der Waals surface area contributed by atoms with Crippen LogP contribution in [0, 0.1) is 6.92 Å². The van der Waals surface area contributed by atoms with Crippen molar-refractivity contribution in [1.82, 2.24) is 20.3 Å². The van der Waals surface area contributed by atoms with Crippen LogP contribution in [0.2, 0.25) is 0 Å². The molecule has 1 aliphatic heterocycles. The Balaban J connectivity index is 1.68. The highest BCUT2D eigenvalue weighted by atomic mass is 32.2. The molecule has 140 valence electrons. The van der Waals surface area contributed by atoms with E-state index in [9.17, 15) is 4.79 Å². The molecule has 0 saturated carbocycles. The number of thioether (sulfide) groups is 1.